The third kappa shape index (κ3) is 2.79. The fourth-order valence-corrected chi connectivity index (χ4v) is 8.48. The molecule has 4 heteroatoms. The number of aliphatic hydroxyl groups excluding tert-OH is 1. The highest BCUT2D eigenvalue weighted by atomic mass is 28.4. The van der Waals surface area contributed by atoms with Crippen molar-refractivity contribution >= 4 is 8.32 Å². The molecule has 1 N–H and O–H groups in total. The second-order valence-electron chi connectivity index (χ2n) is 9.31. The van der Waals surface area contributed by atoms with Crippen LogP contribution in [-0.2, 0) is 9.16 Å². The van der Waals surface area contributed by atoms with Gasteiger partial charge in [0.2, 0.25) is 0 Å². The van der Waals surface area contributed by atoms with Gasteiger partial charge in [0.15, 0.2) is 8.32 Å². The van der Waals surface area contributed by atoms with E-state index in [0.717, 1.165) is 12.8 Å². The van der Waals surface area contributed by atoms with Crippen LogP contribution in [0.5, 0.6) is 0 Å². The first kappa shape index (κ1) is 19.6. The maximum absolute atomic E-state index is 10.9. The Bertz CT molecular complexity index is 533. The monoisotopic (exact) mass is 366 g/mol. The van der Waals surface area contributed by atoms with Gasteiger partial charge in [0.25, 0.3) is 0 Å². The van der Waals surface area contributed by atoms with E-state index in [-0.39, 0.29) is 17.8 Å². The first-order valence-electron chi connectivity index (χ1n) is 10.5. The van der Waals surface area contributed by atoms with E-state index < -0.39 is 13.9 Å². The van der Waals surface area contributed by atoms with Crippen LogP contribution < -0.4 is 0 Å². The fourth-order valence-electron chi connectivity index (χ4n) is 5.58. The number of fused-ring (bicyclic) bond motifs is 4. The molecule has 6 atom stereocenters. The molecule has 2 fully saturated rings. The molecule has 1 unspecified atom stereocenters. The third-order valence-corrected chi connectivity index (χ3v) is 12.4. The Morgan fingerprint density at radius 1 is 1.28 bits per heavy atom. The molecule has 1 saturated carbocycles. The predicted octanol–water partition coefficient (Wildman–Crippen LogP) is 4.91. The highest BCUT2D eigenvalue weighted by Crippen LogP contribution is 2.59. The van der Waals surface area contributed by atoms with E-state index in [1.807, 2.05) is 0 Å². The lowest BCUT2D eigenvalue weighted by molar-refractivity contribution is -0.144. The van der Waals surface area contributed by atoms with E-state index in [1.165, 1.54) is 23.7 Å². The molecule has 1 saturated heterocycles. The minimum Gasteiger partial charge on any atom is -0.410 e. The van der Waals surface area contributed by atoms with Gasteiger partial charge in [0.1, 0.15) is 0 Å². The van der Waals surface area contributed by atoms with Crippen LogP contribution in [0.25, 0.3) is 0 Å². The number of rotatable bonds is 6. The molecule has 2 bridgehead atoms. The van der Waals surface area contributed by atoms with E-state index >= 15 is 0 Å². The third-order valence-electron chi connectivity index (χ3n) is 7.83. The van der Waals surface area contributed by atoms with Gasteiger partial charge in [-0.05, 0) is 48.9 Å². The van der Waals surface area contributed by atoms with Crippen LogP contribution in [0.3, 0.4) is 0 Å². The zero-order chi connectivity index (χ0) is 18.6. The van der Waals surface area contributed by atoms with Crippen LogP contribution in [0.1, 0.15) is 61.3 Å². The van der Waals surface area contributed by atoms with Crippen LogP contribution in [0, 0.1) is 17.8 Å². The van der Waals surface area contributed by atoms with E-state index in [0.29, 0.717) is 17.8 Å². The molecule has 0 aromatic carbocycles. The summed E-state index contributed by atoms with van der Waals surface area (Å²) in [4.78, 5) is 0. The van der Waals surface area contributed by atoms with Gasteiger partial charge in [-0.15, -0.1) is 0 Å². The number of ether oxygens (including phenoxy) is 1. The molecule has 0 spiro atoms. The summed E-state index contributed by atoms with van der Waals surface area (Å²) in [7, 11) is -1.66. The molecule has 25 heavy (non-hydrogen) atoms. The summed E-state index contributed by atoms with van der Waals surface area (Å²) < 4.78 is 13.6. The van der Waals surface area contributed by atoms with Gasteiger partial charge in [-0.3, -0.25) is 0 Å². The molecular formula is C21H38O3Si. The molecule has 2 aliphatic heterocycles. The predicted molar refractivity (Wildman–Crippen MR) is 105 cm³/mol. The summed E-state index contributed by atoms with van der Waals surface area (Å²) in [6.45, 7) is 15.8. The molecule has 0 aromatic rings. The molecule has 3 nitrogen and oxygen atoms in total. The van der Waals surface area contributed by atoms with Crippen molar-refractivity contribution in [2.45, 2.75) is 103 Å². The maximum atomic E-state index is 10.9. The average Bonchev–Trinajstić information content (AvgIpc) is 3.00. The summed E-state index contributed by atoms with van der Waals surface area (Å²) in [5.41, 5.74) is 0.676. The molecule has 0 amide bonds. The van der Waals surface area contributed by atoms with Crippen LogP contribution in [0.2, 0.25) is 18.1 Å². The first-order chi connectivity index (χ1) is 11.7. The van der Waals surface area contributed by atoms with Crippen molar-refractivity contribution in [2.24, 2.45) is 17.8 Å². The summed E-state index contributed by atoms with van der Waals surface area (Å²) in [5, 5.41) is 10.9. The van der Waals surface area contributed by atoms with Crippen molar-refractivity contribution in [2.75, 3.05) is 0 Å². The zero-order valence-electron chi connectivity index (χ0n) is 17.3. The molecule has 3 aliphatic rings. The van der Waals surface area contributed by atoms with Crippen molar-refractivity contribution in [3.05, 3.63) is 11.6 Å². The second-order valence-corrected chi connectivity index (χ2v) is 14.0. The second kappa shape index (κ2) is 6.47. The summed E-state index contributed by atoms with van der Waals surface area (Å²) >= 11 is 0. The van der Waals surface area contributed by atoms with Gasteiger partial charge >= 0.3 is 0 Å². The Labute approximate surface area is 155 Å². The summed E-state index contributed by atoms with van der Waals surface area (Å²) in [6, 6.07) is 3.56. The van der Waals surface area contributed by atoms with Gasteiger partial charge in [0.05, 0.1) is 23.4 Å². The Hall–Kier alpha value is -0.163. The minimum absolute atomic E-state index is 0.225. The van der Waals surface area contributed by atoms with E-state index in [2.05, 4.69) is 54.5 Å². The number of hydrogen-bond donors (Lipinski definition) is 1. The summed E-state index contributed by atoms with van der Waals surface area (Å²) in [5.74, 6) is 1.16. The Morgan fingerprint density at radius 3 is 2.40 bits per heavy atom. The Balaban J connectivity index is 2.00. The van der Waals surface area contributed by atoms with Crippen LogP contribution in [0.15, 0.2) is 11.6 Å². The van der Waals surface area contributed by atoms with Crippen molar-refractivity contribution in [1.29, 1.82) is 0 Å². The lowest BCUT2D eigenvalue weighted by Gasteiger charge is -2.44. The van der Waals surface area contributed by atoms with E-state index in [1.54, 1.807) is 0 Å². The van der Waals surface area contributed by atoms with Crippen molar-refractivity contribution in [3.63, 3.8) is 0 Å². The SMILES string of the molecule is CC[Si](CC)(CC)O[C@@H]1C2=C[C@]3(C(C)C)C[C@@H](O)[C@@](C)(O3)[C@@H]2CC1C. The Morgan fingerprint density at radius 2 is 1.88 bits per heavy atom. The van der Waals surface area contributed by atoms with Crippen LogP contribution in [0.4, 0.5) is 0 Å². The molecule has 144 valence electrons. The highest BCUT2D eigenvalue weighted by molar-refractivity contribution is 6.73. The van der Waals surface area contributed by atoms with Gasteiger partial charge in [-0.2, -0.15) is 0 Å². The van der Waals surface area contributed by atoms with Gasteiger partial charge in [-0.25, -0.2) is 0 Å². The van der Waals surface area contributed by atoms with Gasteiger partial charge < -0.3 is 14.3 Å². The van der Waals surface area contributed by atoms with Crippen LogP contribution >= 0.6 is 0 Å². The number of hydrogen-bond acceptors (Lipinski definition) is 3. The molecule has 1 aliphatic carbocycles. The van der Waals surface area contributed by atoms with Crippen LogP contribution in [-0.4, -0.2) is 36.8 Å². The topological polar surface area (TPSA) is 38.7 Å². The maximum Gasteiger partial charge on any atom is 0.192 e. The molecule has 0 radical (unpaired) electrons. The largest absolute Gasteiger partial charge is 0.410 e. The zero-order valence-corrected chi connectivity index (χ0v) is 18.3. The molecule has 2 heterocycles. The number of aliphatic hydroxyl groups is 1. The normalized spacial score (nSPS) is 43.5. The molecular weight excluding hydrogens is 328 g/mol. The van der Waals surface area contributed by atoms with E-state index in [4.69, 9.17) is 9.16 Å². The lowest BCUT2D eigenvalue weighted by Crippen LogP contribution is -2.49. The first-order valence-corrected chi connectivity index (χ1v) is 13.0. The van der Waals surface area contributed by atoms with Gasteiger partial charge in [-0.1, -0.05) is 47.6 Å². The standard InChI is InChI=1S/C21H38O3Si/c1-8-25(9-2,10-3)23-19-15(6)11-17-16(19)12-21(14(4)5)13-18(22)20(17,7)24-21/h12,14-15,17-19,22H,8-11,13H2,1-7H3/t15?,17-,18-,19+,20+,21-/m1/s1. The van der Waals surface area contributed by atoms with Crippen molar-refractivity contribution < 1.29 is 14.3 Å². The van der Waals surface area contributed by atoms with Crippen molar-refractivity contribution in [3.8, 4) is 0 Å². The molecule has 0 aromatic heterocycles. The Kier molecular flexibility index (Phi) is 5.07. The lowest BCUT2D eigenvalue weighted by atomic mass is 9.80. The fraction of sp³-hybridized carbons (Fsp3) is 0.905. The average molecular weight is 367 g/mol. The summed E-state index contributed by atoms with van der Waals surface area (Å²) in [6.07, 6.45) is 4.02. The smallest absolute Gasteiger partial charge is 0.192 e. The quantitative estimate of drug-likeness (QED) is 0.536. The molecule has 3 rings (SSSR count). The van der Waals surface area contributed by atoms with Crippen molar-refractivity contribution in [1.82, 2.24) is 0 Å². The van der Waals surface area contributed by atoms with Gasteiger partial charge in [0, 0.05) is 12.3 Å². The highest BCUT2D eigenvalue weighted by Gasteiger charge is 2.63. The van der Waals surface area contributed by atoms with E-state index in [9.17, 15) is 5.11 Å². The minimum atomic E-state index is -1.66.